The molecule has 2 aromatic rings. The van der Waals surface area contributed by atoms with Gasteiger partial charge < -0.3 is 19.5 Å². The number of carbonyl (C=O) groups is 1. The molecule has 0 aromatic heterocycles. The minimum Gasteiger partial charge on any atom is -0.493 e. The van der Waals surface area contributed by atoms with Crippen LogP contribution in [0.4, 0.5) is 0 Å². The molecule has 1 aliphatic carbocycles. The van der Waals surface area contributed by atoms with Crippen molar-refractivity contribution >= 4 is 11.6 Å². The molecule has 6 heteroatoms. The Hall–Kier alpha value is -2.86. The van der Waals surface area contributed by atoms with Crippen LogP contribution in [0, 0.1) is 0 Å². The highest BCUT2D eigenvalue weighted by Crippen LogP contribution is 2.44. The number of carbonyl (C=O) groups excluding carboxylic acids is 1. The maximum Gasteiger partial charge on any atom is 0.251 e. The first-order valence-electron chi connectivity index (χ1n) is 11.8. The number of nitrogens with zero attached hydrogens (tertiary/aromatic N) is 1. The summed E-state index contributed by atoms with van der Waals surface area (Å²) in [5.74, 6) is 1.79. The standard InChI is InChI=1S/C27H34N2O4/c1-5-19(16-31-2)28-27(30)18-12-10-17(11-13-18)26-22-15-25(33-4)24(32-3)14-21(22)20-8-6-7-9-23(20)29-26/h10-15,19-20,23H,5-9,16H2,1-4H3,(H,28,30)/t19?,20-,23-/m1/s1. The Bertz CT molecular complexity index is 1020. The van der Waals surface area contributed by atoms with E-state index in [4.69, 9.17) is 19.2 Å². The zero-order chi connectivity index (χ0) is 23.4. The second-order valence-corrected chi connectivity index (χ2v) is 8.84. The van der Waals surface area contributed by atoms with Crippen molar-refractivity contribution in [3.63, 3.8) is 0 Å². The first kappa shape index (κ1) is 23.3. The van der Waals surface area contributed by atoms with E-state index in [0.717, 1.165) is 41.9 Å². The largest absolute Gasteiger partial charge is 0.493 e. The molecule has 0 bridgehead atoms. The van der Waals surface area contributed by atoms with Gasteiger partial charge in [0.1, 0.15) is 0 Å². The van der Waals surface area contributed by atoms with Crippen LogP contribution in [0.3, 0.4) is 0 Å². The summed E-state index contributed by atoms with van der Waals surface area (Å²) in [6, 6.07) is 12.2. The fraction of sp³-hybridized carbons (Fsp3) is 0.481. The van der Waals surface area contributed by atoms with Gasteiger partial charge in [-0.15, -0.1) is 0 Å². The summed E-state index contributed by atoms with van der Waals surface area (Å²) < 4.78 is 16.4. The van der Waals surface area contributed by atoms with Crippen molar-refractivity contribution in [3.8, 4) is 11.5 Å². The lowest BCUT2D eigenvalue weighted by atomic mass is 9.75. The van der Waals surface area contributed by atoms with E-state index in [9.17, 15) is 4.79 Å². The van der Waals surface area contributed by atoms with E-state index in [2.05, 4.69) is 17.4 Å². The monoisotopic (exact) mass is 450 g/mol. The quantitative estimate of drug-likeness (QED) is 0.631. The minimum absolute atomic E-state index is 0.00227. The smallest absolute Gasteiger partial charge is 0.251 e. The third-order valence-electron chi connectivity index (χ3n) is 6.85. The van der Waals surface area contributed by atoms with Crippen LogP contribution in [0.5, 0.6) is 11.5 Å². The van der Waals surface area contributed by atoms with Crippen LogP contribution in [-0.4, -0.2) is 51.6 Å². The lowest BCUT2D eigenvalue weighted by Crippen LogP contribution is -2.37. The van der Waals surface area contributed by atoms with E-state index >= 15 is 0 Å². The van der Waals surface area contributed by atoms with Gasteiger partial charge in [-0.2, -0.15) is 0 Å². The third kappa shape index (κ3) is 4.76. The first-order chi connectivity index (χ1) is 16.1. The number of fused-ring (bicyclic) bond motifs is 3. The molecule has 1 fully saturated rings. The van der Waals surface area contributed by atoms with Crippen LogP contribution >= 0.6 is 0 Å². The Labute approximate surface area is 196 Å². The summed E-state index contributed by atoms with van der Waals surface area (Å²) in [4.78, 5) is 17.9. The van der Waals surface area contributed by atoms with Crippen LogP contribution in [0.1, 0.15) is 72.0 Å². The average Bonchev–Trinajstić information content (AvgIpc) is 2.87. The van der Waals surface area contributed by atoms with Gasteiger partial charge in [-0.05, 0) is 49.1 Å². The second-order valence-electron chi connectivity index (χ2n) is 8.84. The fourth-order valence-electron chi connectivity index (χ4n) is 5.01. The van der Waals surface area contributed by atoms with Gasteiger partial charge in [-0.1, -0.05) is 31.9 Å². The zero-order valence-electron chi connectivity index (χ0n) is 20.0. The number of benzene rings is 2. The van der Waals surface area contributed by atoms with Gasteiger partial charge in [0.05, 0.1) is 38.6 Å². The molecule has 1 saturated carbocycles. The highest BCUT2D eigenvalue weighted by atomic mass is 16.5. The third-order valence-corrected chi connectivity index (χ3v) is 6.85. The van der Waals surface area contributed by atoms with Gasteiger partial charge >= 0.3 is 0 Å². The number of aliphatic imine (C=N–C) groups is 1. The predicted molar refractivity (Wildman–Crippen MR) is 130 cm³/mol. The molecule has 2 aromatic carbocycles. The number of methoxy groups -OCH3 is 3. The molecule has 1 N–H and O–H groups in total. The topological polar surface area (TPSA) is 69.2 Å². The molecule has 6 nitrogen and oxygen atoms in total. The molecular weight excluding hydrogens is 416 g/mol. The molecule has 0 saturated heterocycles. The summed E-state index contributed by atoms with van der Waals surface area (Å²) in [5, 5.41) is 3.04. The molecule has 176 valence electrons. The number of hydrogen-bond acceptors (Lipinski definition) is 5. The van der Waals surface area contributed by atoms with Gasteiger partial charge in [0.2, 0.25) is 0 Å². The molecule has 3 atom stereocenters. The lowest BCUT2D eigenvalue weighted by molar-refractivity contribution is 0.0894. The van der Waals surface area contributed by atoms with Gasteiger partial charge in [-0.3, -0.25) is 9.79 Å². The van der Waals surface area contributed by atoms with Gasteiger partial charge in [-0.25, -0.2) is 0 Å². The van der Waals surface area contributed by atoms with Crippen LogP contribution in [0.2, 0.25) is 0 Å². The zero-order valence-corrected chi connectivity index (χ0v) is 20.0. The van der Waals surface area contributed by atoms with E-state index in [1.165, 1.54) is 18.4 Å². The van der Waals surface area contributed by atoms with Gasteiger partial charge in [0.15, 0.2) is 11.5 Å². The van der Waals surface area contributed by atoms with Crippen molar-refractivity contribution in [2.75, 3.05) is 27.9 Å². The summed E-state index contributed by atoms with van der Waals surface area (Å²) in [5.41, 5.74) is 4.99. The summed E-state index contributed by atoms with van der Waals surface area (Å²) in [6.07, 6.45) is 5.49. The van der Waals surface area contributed by atoms with Crippen molar-refractivity contribution in [2.45, 2.75) is 57.0 Å². The molecule has 33 heavy (non-hydrogen) atoms. The molecule has 0 spiro atoms. The van der Waals surface area contributed by atoms with Crippen molar-refractivity contribution in [1.29, 1.82) is 0 Å². The highest BCUT2D eigenvalue weighted by Gasteiger charge is 2.34. The van der Waals surface area contributed by atoms with E-state index in [1.807, 2.05) is 31.2 Å². The van der Waals surface area contributed by atoms with Gasteiger partial charge in [0, 0.05) is 29.7 Å². The molecule has 1 amide bonds. The van der Waals surface area contributed by atoms with E-state index in [0.29, 0.717) is 23.8 Å². The van der Waals surface area contributed by atoms with E-state index in [-0.39, 0.29) is 18.0 Å². The molecular formula is C27H34N2O4. The maximum atomic E-state index is 12.7. The Kier molecular flexibility index (Phi) is 7.33. The SMILES string of the molecule is CCC(COC)NC(=O)c1ccc(C2=N[C@@H]3CCCC[C@@H]3c3cc(OC)c(OC)cc32)cc1. The normalized spacial score (nSPS) is 20.2. The molecule has 1 heterocycles. The van der Waals surface area contributed by atoms with E-state index < -0.39 is 0 Å². The molecule has 1 aliphatic heterocycles. The Balaban J connectivity index is 1.67. The van der Waals surface area contributed by atoms with Crippen molar-refractivity contribution in [2.24, 2.45) is 4.99 Å². The maximum absolute atomic E-state index is 12.7. The number of amides is 1. The number of nitrogens with one attached hydrogen (secondary N) is 1. The molecule has 1 unspecified atom stereocenters. The number of ether oxygens (including phenoxy) is 3. The Morgan fingerprint density at radius 2 is 1.76 bits per heavy atom. The van der Waals surface area contributed by atoms with Crippen molar-refractivity contribution < 1.29 is 19.0 Å². The molecule has 0 radical (unpaired) electrons. The summed E-state index contributed by atoms with van der Waals surface area (Å²) in [6.45, 7) is 2.54. The minimum atomic E-state index is -0.0878. The van der Waals surface area contributed by atoms with Crippen LogP contribution < -0.4 is 14.8 Å². The fourth-order valence-corrected chi connectivity index (χ4v) is 5.01. The lowest BCUT2D eigenvalue weighted by Gasteiger charge is -2.35. The predicted octanol–water partition coefficient (Wildman–Crippen LogP) is 4.74. The summed E-state index contributed by atoms with van der Waals surface area (Å²) >= 11 is 0. The number of rotatable bonds is 8. The molecule has 2 aliphatic rings. The highest BCUT2D eigenvalue weighted by molar-refractivity contribution is 6.15. The van der Waals surface area contributed by atoms with Gasteiger partial charge in [0.25, 0.3) is 5.91 Å². The average molecular weight is 451 g/mol. The second kappa shape index (κ2) is 10.4. The number of hydrogen-bond donors (Lipinski definition) is 1. The van der Waals surface area contributed by atoms with E-state index in [1.54, 1.807) is 21.3 Å². The Morgan fingerprint density at radius 1 is 1.06 bits per heavy atom. The van der Waals surface area contributed by atoms with Crippen molar-refractivity contribution in [3.05, 3.63) is 58.7 Å². The summed E-state index contributed by atoms with van der Waals surface area (Å²) in [7, 11) is 4.99. The van der Waals surface area contributed by atoms with Crippen LogP contribution in [0.25, 0.3) is 0 Å². The Morgan fingerprint density at radius 3 is 2.42 bits per heavy atom. The van der Waals surface area contributed by atoms with Crippen molar-refractivity contribution in [1.82, 2.24) is 5.32 Å². The van der Waals surface area contributed by atoms with Crippen LogP contribution in [-0.2, 0) is 4.74 Å². The first-order valence-corrected chi connectivity index (χ1v) is 11.8. The van der Waals surface area contributed by atoms with Crippen LogP contribution in [0.15, 0.2) is 41.4 Å². The molecule has 4 rings (SSSR count).